The van der Waals surface area contributed by atoms with Gasteiger partial charge in [0.05, 0.1) is 18.5 Å². The molecule has 2 aromatic rings. The molecule has 104 valence electrons. The summed E-state index contributed by atoms with van der Waals surface area (Å²) in [6.07, 6.45) is 0.318. The quantitative estimate of drug-likeness (QED) is 0.880. The summed E-state index contributed by atoms with van der Waals surface area (Å²) in [5.74, 6) is -0.494. The summed E-state index contributed by atoms with van der Waals surface area (Å²) < 4.78 is 4.62. The second-order valence-electron chi connectivity index (χ2n) is 4.31. The van der Waals surface area contributed by atoms with Gasteiger partial charge >= 0.3 is 5.97 Å². The van der Waals surface area contributed by atoms with Gasteiger partial charge in [0.2, 0.25) is 5.91 Å². The van der Waals surface area contributed by atoms with E-state index in [-0.39, 0.29) is 5.91 Å². The summed E-state index contributed by atoms with van der Waals surface area (Å²) in [6.45, 7) is 1.98. The number of ether oxygens (including phenoxy) is 1. The Labute approximate surface area is 121 Å². The van der Waals surface area contributed by atoms with E-state index in [1.807, 2.05) is 31.2 Å². The van der Waals surface area contributed by atoms with E-state index in [0.29, 0.717) is 16.3 Å². The van der Waals surface area contributed by atoms with Gasteiger partial charge in [-0.25, -0.2) is 4.79 Å². The van der Waals surface area contributed by atoms with Crippen LogP contribution in [0.1, 0.15) is 20.8 Å². The fourth-order valence-corrected chi connectivity index (χ4v) is 2.62. The number of carbonyl (C=O) groups excluding carboxylic acids is 2. The number of amides is 1. The molecule has 2 rings (SSSR count). The van der Waals surface area contributed by atoms with Crippen LogP contribution in [-0.2, 0) is 16.0 Å². The fraction of sp³-hybridized carbons (Fsp3) is 0.200. The SMILES string of the molecule is COC(=O)c1ccc(NC(=O)Cc2ccccc2C)s1. The third-order valence-electron chi connectivity index (χ3n) is 2.87. The number of carbonyl (C=O) groups is 2. The van der Waals surface area contributed by atoms with Crippen molar-refractivity contribution in [2.75, 3.05) is 12.4 Å². The van der Waals surface area contributed by atoms with Gasteiger partial charge in [0.1, 0.15) is 4.88 Å². The molecule has 1 aromatic carbocycles. The van der Waals surface area contributed by atoms with Crippen LogP contribution in [0.25, 0.3) is 0 Å². The molecule has 1 N–H and O–H groups in total. The van der Waals surface area contributed by atoms with E-state index in [1.54, 1.807) is 12.1 Å². The van der Waals surface area contributed by atoms with Gasteiger partial charge in [-0.3, -0.25) is 4.79 Å². The molecular weight excluding hydrogens is 274 g/mol. The zero-order valence-electron chi connectivity index (χ0n) is 11.3. The summed E-state index contributed by atoms with van der Waals surface area (Å²) in [4.78, 5) is 23.8. The first kappa shape index (κ1) is 14.3. The van der Waals surface area contributed by atoms with Crippen molar-refractivity contribution in [2.45, 2.75) is 13.3 Å². The van der Waals surface area contributed by atoms with Crippen LogP contribution in [0, 0.1) is 6.92 Å². The molecule has 5 heteroatoms. The summed E-state index contributed by atoms with van der Waals surface area (Å²) in [7, 11) is 1.33. The van der Waals surface area contributed by atoms with Crippen LogP contribution in [0.15, 0.2) is 36.4 Å². The lowest BCUT2D eigenvalue weighted by Crippen LogP contribution is -2.14. The van der Waals surface area contributed by atoms with Crippen molar-refractivity contribution in [1.29, 1.82) is 0 Å². The average Bonchev–Trinajstić information content (AvgIpc) is 2.89. The molecule has 0 saturated heterocycles. The molecule has 0 fully saturated rings. The maximum Gasteiger partial charge on any atom is 0.348 e. The van der Waals surface area contributed by atoms with Gasteiger partial charge in [0.15, 0.2) is 0 Å². The zero-order chi connectivity index (χ0) is 14.5. The molecule has 0 aliphatic carbocycles. The van der Waals surface area contributed by atoms with Crippen molar-refractivity contribution in [3.63, 3.8) is 0 Å². The standard InChI is InChI=1S/C15H15NO3S/c1-10-5-3-4-6-11(10)9-13(17)16-14-8-7-12(20-14)15(18)19-2/h3-8H,9H2,1-2H3,(H,16,17). The zero-order valence-corrected chi connectivity index (χ0v) is 12.1. The van der Waals surface area contributed by atoms with Crippen LogP contribution in [0.5, 0.6) is 0 Å². The van der Waals surface area contributed by atoms with Crippen LogP contribution < -0.4 is 5.32 Å². The number of hydrogen-bond acceptors (Lipinski definition) is 4. The first-order chi connectivity index (χ1) is 9.60. The number of thiophene rings is 1. The number of esters is 1. The summed E-state index contributed by atoms with van der Waals surface area (Å²) in [5.41, 5.74) is 2.08. The van der Waals surface area contributed by atoms with Crippen LogP contribution in [0.3, 0.4) is 0 Å². The molecule has 0 unspecified atom stereocenters. The lowest BCUT2D eigenvalue weighted by Gasteiger charge is -2.05. The number of methoxy groups -OCH3 is 1. The van der Waals surface area contributed by atoms with E-state index in [4.69, 9.17) is 0 Å². The molecule has 0 spiro atoms. The predicted molar refractivity (Wildman–Crippen MR) is 79.2 cm³/mol. The molecule has 0 radical (unpaired) electrons. The number of aryl methyl sites for hydroxylation is 1. The lowest BCUT2D eigenvalue weighted by atomic mass is 10.1. The van der Waals surface area contributed by atoms with E-state index in [2.05, 4.69) is 10.1 Å². The highest BCUT2D eigenvalue weighted by atomic mass is 32.1. The first-order valence-corrected chi connectivity index (χ1v) is 6.94. The van der Waals surface area contributed by atoms with Crippen molar-refractivity contribution in [2.24, 2.45) is 0 Å². The maximum absolute atomic E-state index is 12.0. The summed E-state index contributed by atoms with van der Waals surface area (Å²) in [6, 6.07) is 11.1. The van der Waals surface area contributed by atoms with Gasteiger partial charge in [-0.1, -0.05) is 24.3 Å². The molecule has 1 aromatic heterocycles. The monoisotopic (exact) mass is 289 g/mol. The Balaban J connectivity index is 2.00. The molecule has 0 saturated carbocycles. The molecule has 0 aliphatic rings. The normalized spacial score (nSPS) is 10.1. The van der Waals surface area contributed by atoms with E-state index in [0.717, 1.165) is 11.1 Å². The number of rotatable bonds is 4. The Morgan fingerprint density at radius 1 is 1.20 bits per heavy atom. The molecule has 1 amide bonds. The van der Waals surface area contributed by atoms with Crippen LogP contribution in [0.2, 0.25) is 0 Å². The van der Waals surface area contributed by atoms with Crippen LogP contribution in [0.4, 0.5) is 5.00 Å². The predicted octanol–water partition coefficient (Wildman–Crippen LogP) is 3.02. The Hall–Kier alpha value is -2.14. The summed E-state index contributed by atoms with van der Waals surface area (Å²) in [5, 5.41) is 3.43. The molecule has 0 atom stereocenters. The molecule has 0 bridgehead atoms. The van der Waals surface area contributed by atoms with E-state index in [9.17, 15) is 9.59 Å². The number of anilines is 1. The van der Waals surface area contributed by atoms with Gasteiger partial charge in [0, 0.05) is 0 Å². The number of benzene rings is 1. The molecule has 4 nitrogen and oxygen atoms in total. The second-order valence-corrected chi connectivity index (χ2v) is 5.39. The first-order valence-electron chi connectivity index (χ1n) is 6.12. The van der Waals surface area contributed by atoms with Gasteiger partial charge in [0.25, 0.3) is 0 Å². The Kier molecular flexibility index (Phi) is 4.53. The van der Waals surface area contributed by atoms with Gasteiger partial charge in [-0.05, 0) is 30.2 Å². The van der Waals surface area contributed by atoms with Gasteiger partial charge in [-0.15, -0.1) is 11.3 Å². The maximum atomic E-state index is 12.0. The fourth-order valence-electron chi connectivity index (χ4n) is 1.78. The molecular formula is C15H15NO3S. The highest BCUT2D eigenvalue weighted by molar-refractivity contribution is 7.18. The summed E-state index contributed by atoms with van der Waals surface area (Å²) >= 11 is 1.20. The van der Waals surface area contributed by atoms with Crippen molar-refractivity contribution >= 4 is 28.2 Å². The topological polar surface area (TPSA) is 55.4 Å². The Morgan fingerprint density at radius 3 is 2.65 bits per heavy atom. The second kappa shape index (κ2) is 6.34. The third-order valence-corrected chi connectivity index (χ3v) is 3.85. The van der Waals surface area contributed by atoms with Crippen molar-refractivity contribution in [1.82, 2.24) is 0 Å². The number of hydrogen-bond donors (Lipinski definition) is 1. The molecule has 20 heavy (non-hydrogen) atoms. The van der Waals surface area contributed by atoms with E-state index in [1.165, 1.54) is 18.4 Å². The Morgan fingerprint density at radius 2 is 1.95 bits per heavy atom. The third kappa shape index (κ3) is 3.45. The smallest absolute Gasteiger partial charge is 0.348 e. The van der Waals surface area contributed by atoms with E-state index >= 15 is 0 Å². The van der Waals surface area contributed by atoms with Crippen LogP contribution in [-0.4, -0.2) is 19.0 Å². The average molecular weight is 289 g/mol. The number of nitrogens with one attached hydrogen (secondary N) is 1. The minimum atomic E-state index is -0.394. The minimum Gasteiger partial charge on any atom is -0.465 e. The van der Waals surface area contributed by atoms with E-state index < -0.39 is 5.97 Å². The minimum absolute atomic E-state index is 0.0995. The molecule has 0 aliphatic heterocycles. The van der Waals surface area contributed by atoms with Gasteiger partial charge in [-0.2, -0.15) is 0 Å². The van der Waals surface area contributed by atoms with Crippen molar-refractivity contribution in [3.8, 4) is 0 Å². The largest absolute Gasteiger partial charge is 0.465 e. The van der Waals surface area contributed by atoms with Crippen molar-refractivity contribution in [3.05, 3.63) is 52.4 Å². The molecule has 1 heterocycles. The highest BCUT2D eigenvalue weighted by Gasteiger charge is 2.11. The van der Waals surface area contributed by atoms with Crippen molar-refractivity contribution < 1.29 is 14.3 Å². The highest BCUT2D eigenvalue weighted by Crippen LogP contribution is 2.22. The van der Waals surface area contributed by atoms with Gasteiger partial charge < -0.3 is 10.1 Å². The lowest BCUT2D eigenvalue weighted by molar-refractivity contribution is -0.115. The Bertz CT molecular complexity index is 634. The van der Waals surface area contributed by atoms with Crippen LogP contribution >= 0.6 is 11.3 Å².